The lowest BCUT2D eigenvalue weighted by Gasteiger charge is -2.26. The van der Waals surface area contributed by atoms with Crippen molar-refractivity contribution in [2.45, 2.75) is 26.2 Å². The van der Waals surface area contributed by atoms with Crippen LogP contribution in [0.3, 0.4) is 0 Å². The number of carboxylic acids is 1. The Kier molecular flexibility index (Phi) is 3.75. The lowest BCUT2D eigenvalue weighted by molar-refractivity contribution is 0.0697. The van der Waals surface area contributed by atoms with Gasteiger partial charge in [0.15, 0.2) is 0 Å². The van der Waals surface area contributed by atoms with Crippen molar-refractivity contribution >= 4 is 17.3 Å². The highest BCUT2D eigenvalue weighted by atomic mass is 16.4. The van der Waals surface area contributed by atoms with Gasteiger partial charge in [-0.1, -0.05) is 6.92 Å². The Balaban J connectivity index is 2.30. The summed E-state index contributed by atoms with van der Waals surface area (Å²) in [5.74, 6) is -0.165. The summed E-state index contributed by atoms with van der Waals surface area (Å²) in [5, 5.41) is 9.26. The van der Waals surface area contributed by atoms with Crippen molar-refractivity contribution in [3.63, 3.8) is 0 Å². The van der Waals surface area contributed by atoms with Crippen molar-refractivity contribution in [3.8, 4) is 0 Å². The Hall–Kier alpha value is -1.71. The van der Waals surface area contributed by atoms with E-state index in [0.29, 0.717) is 11.3 Å². The highest BCUT2D eigenvalue weighted by Gasteiger charge is 2.26. The molecule has 4 heteroatoms. The van der Waals surface area contributed by atoms with E-state index >= 15 is 0 Å². The molecule has 0 atom stereocenters. The number of nitrogen functional groups attached to an aromatic ring is 1. The summed E-state index contributed by atoms with van der Waals surface area (Å²) >= 11 is 0. The third kappa shape index (κ3) is 2.94. The normalized spacial score (nSPS) is 14.5. The molecule has 0 bridgehead atoms. The van der Waals surface area contributed by atoms with E-state index in [9.17, 15) is 9.90 Å². The minimum absolute atomic E-state index is 0.346. The maximum absolute atomic E-state index is 11.3. The number of nitrogens with zero attached hydrogens (tertiary/aromatic N) is 1. The van der Waals surface area contributed by atoms with Crippen LogP contribution in [0.5, 0.6) is 0 Å². The lowest BCUT2D eigenvalue weighted by Crippen LogP contribution is -2.28. The van der Waals surface area contributed by atoms with E-state index in [1.807, 2.05) is 0 Å². The van der Waals surface area contributed by atoms with E-state index in [0.717, 1.165) is 31.1 Å². The predicted octanol–water partition coefficient (Wildman–Crippen LogP) is 2.59. The Morgan fingerprint density at radius 2 is 2.22 bits per heavy atom. The first kappa shape index (κ1) is 12.7. The first-order valence-corrected chi connectivity index (χ1v) is 6.49. The quantitative estimate of drug-likeness (QED) is 0.759. The molecule has 0 aliphatic heterocycles. The van der Waals surface area contributed by atoms with Crippen LogP contribution in [0.2, 0.25) is 0 Å². The average Bonchev–Trinajstić information content (AvgIpc) is 3.12. The standard InChI is InChI=1S/C14H20N2O2/c1-2-7-16(9-10-3-4-10)13-8-11(15)5-6-12(13)14(17)18/h5-6,8,10H,2-4,7,9,15H2,1H3,(H,17,18). The molecule has 1 aromatic carbocycles. The van der Waals surface area contributed by atoms with Crippen molar-refractivity contribution in [3.05, 3.63) is 23.8 Å². The van der Waals surface area contributed by atoms with Gasteiger partial charge in [-0.05, 0) is 43.4 Å². The maximum atomic E-state index is 11.3. The Morgan fingerprint density at radius 1 is 1.50 bits per heavy atom. The second-order valence-electron chi connectivity index (χ2n) is 4.97. The number of rotatable bonds is 6. The van der Waals surface area contributed by atoms with Crippen molar-refractivity contribution in [2.75, 3.05) is 23.7 Å². The van der Waals surface area contributed by atoms with E-state index < -0.39 is 5.97 Å². The number of carbonyl (C=O) groups is 1. The van der Waals surface area contributed by atoms with E-state index in [1.165, 1.54) is 12.8 Å². The molecule has 0 spiro atoms. The number of anilines is 2. The van der Waals surface area contributed by atoms with Crippen LogP contribution < -0.4 is 10.6 Å². The lowest BCUT2D eigenvalue weighted by atomic mass is 10.1. The molecule has 1 saturated carbocycles. The molecule has 1 fully saturated rings. The second-order valence-corrected chi connectivity index (χ2v) is 4.97. The summed E-state index contributed by atoms with van der Waals surface area (Å²) < 4.78 is 0. The first-order valence-electron chi connectivity index (χ1n) is 6.49. The number of carboxylic acid groups (broad SMARTS) is 1. The maximum Gasteiger partial charge on any atom is 0.337 e. The molecule has 18 heavy (non-hydrogen) atoms. The fourth-order valence-corrected chi connectivity index (χ4v) is 2.18. The highest BCUT2D eigenvalue weighted by molar-refractivity contribution is 5.95. The van der Waals surface area contributed by atoms with Gasteiger partial charge in [0.1, 0.15) is 0 Å². The third-order valence-corrected chi connectivity index (χ3v) is 3.26. The fraction of sp³-hybridized carbons (Fsp3) is 0.500. The van der Waals surface area contributed by atoms with Crippen molar-refractivity contribution in [2.24, 2.45) is 5.92 Å². The molecule has 0 heterocycles. The van der Waals surface area contributed by atoms with Gasteiger partial charge in [0.2, 0.25) is 0 Å². The minimum atomic E-state index is -0.887. The van der Waals surface area contributed by atoms with Crippen molar-refractivity contribution < 1.29 is 9.90 Å². The molecule has 1 aliphatic rings. The summed E-state index contributed by atoms with van der Waals surface area (Å²) in [4.78, 5) is 13.4. The van der Waals surface area contributed by atoms with Gasteiger partial charge in [-0.25, -0.2) is 4.79 Å². The molecule has 0 saturated heterocycles. The number of benzene rings is 1. The molecular formula is C14H20N2O2. The number of hydrogen-bond donors (Lipinski definition) is 2. The molecule has 2 rings (SSSR count). The van der Waals surface area contributed by atoms with E-state index in [-0.39, 0.29) is 0 Å². The molecule has 3 N–H and O–H groups in total. The van der Waals surface area contributed by atoms with Gasteiger partial charge in [-0.15, -0.1) is 0 Å². The van der Waals surface area contributed by atoms with Gasteiger partial charge >= 0.3 is 5.97 Å². The van der Waals surface area contributed by atoms with E-state index in [1.54, 1.807) is 18.2 Å². The zero-order valence-electron chi connectivity index (χ0n) is 10.7. The molecule has 0 amide bonds. The smallest absolute Gasteiger partial charge is 0.337 e. The van der Waals surface area contributed by atoms with Crippen molar-refractivity contribution in [1.29, 1.82) is 0 Å². The van der Waals surface area contributed by atoms with E-state index in [4.69, 9.17) is 5.73 Å². The summed E-state index contributed by atoms with van der Waals surface area (Å²) in [6.07, 6.45) is 3.51. The summed E-state index contributed by atoms with van der Waals surface area (Å²) in [5.41, 5.74) is 7.51. The number of hydrogen-bond acceptors (Lipinski definition) is 3. The largest absolute Gasteiger partial charge is 0.478 e. The van der Waals surface area contributed by atoms with Crippen LogP contribution in [0.1, 0.15) is 36.5 Å². The zero-order chi connectivity index (χ0) is 13.1. The molecular weight excluding hydrogens is 228 g/mol. The van der Waals surface area contributed by atoms with Gasteiger partial charge in [0, 0.05) is 18.8 Å². The molecule has 4 nitrogen and oxygen atoms in total. The fourth-order valence-electron chi connectivity index (χ4n) is 2.18. The summed E-state index contributed by atoms with van der Waals surface area (Å²) in [6.45, 7) is 3.92. The van der Waals surface area contributed by atoms with Crippen LogP contribution in [-0.2, 0) is 0 Å². The number of aromatic carboxylic acids is 1. The molecule has 1 aromatic rings. The summed E-state index contributed by atoms with van der Waals surface area (Å²) in [7, 11) is 0. The van der Waals surface area contributed by atoms with Crippen LogP contribution in [0.4, 0.5) is 11.4 Å². The first-order chi connectivity index (χ1) is 8.61. The van der Waals surface area contributed by atoms with Crippen LogP contribution in [-0.4, -0.2) is 24.2 Å². The Morgan fingerprint density at radius 3 is 2.78 bits per heavy atom. The van der Waals surface area contributed by atoms with Gasteiger partial charge in [-0.2, -0.15) is 0 Å². The Bertz CT molecular complexity index is 441. The summed E-state index contributed by atoms with van der Waals surface area (Å²) in [6, 6.07) is 5.03. The predicted molar refractivity (Wildman–Crippen MR) is 73.0 cm³/mol. The van der Waals surface area contributed by atoms with Gasteiger partial charge in [0.05, 0.1) is 11.3 Å². The average molecular weight is 248 g/mol. The minimum Gasteiger partial charge on any atom is -0.478 e. The molecule has 98 valence electrons. The monoisotopic (exact) mass is 248 g/mol. The highest BCUT2D eigenvalue weighted by Crippen LogP contribution is 2.33. The van der Waals surface area contributed by atoms with Crippen LogP contribution >= 0.6 is 0 Å². The number of nitrogens with two attached hydrogens (primary N) is 1. The topological polar surface area (TPSA) is 66.6 Å². The zero-order valence-corrected chi connectivity index (χ0v) is 10.7. The van der Waals surface area contributed by atoms with Crippen LogP contribution in [0.25, 0.3) is 0 Å². The van der Waals surface area contributed by atoms with Gasteiger partial charge in [0.25, 0.3) is 0 Å². The van der Waals surface area contributed by atoms with Crippen LogP contribution in [0, 0.1) is 5.92 Å². The van der Waals surface area contributed by atoms with Crippen molar-refractivity contribution in [1.82, 2.24) is 0 Å². The van der Waals surface area contributed by atoms with Gasteiger partial charge < -0.3 is 15.7 Å². The SMILES string of the molecule is CCCN(CC1CC1)c1cc(N)ccc1C(=O)O. The molecule has 0 radical (unpaired) electrons. The van der Waals surface area contributed by atoms with Crippen LogP contribution in [0.15, 0.2) is 18.2 Å². The molecule has 1 aliphatic carbocycles. The Labute approximate surface area is 107 Å². The van der Waals surface area contributed by atoms with E-state index in [2.05, 4.69) is 11.8 Å². The molecule has 0 unspecified atom stereocenters. The molecule has 0 aromatic heterocycles. The second kappa shape index (κ2) is 5.29. The third-order valence-electron chi connectivity index (χ3n) is 3.26. The van der Waals surface area contributed by atoms with Gasteiger partial charge in [-0.3, -0.25) is 0 Å².